The zero-order chi connectivity index (χ0) is 13.2. The predicted octanol–water partition coefficient (Wildman–Crippen LogP) is 0.890. The van der Waals surface area contributed by atoms with Crippen molar-refractivity contribution in [3.63, 3.8) is 0 Å². The molecule has 1 aliphatic rings. The first-order valence-electron chi connectivity index (χ1n) is 5.69. The third-order valence-corrected chi connectivity index (χ3v) is 4.80. The fourth-order valence-corrected chi connectivity index (χ4v) is 3.12. The van der Waals surface area contributed by atoms with Crippen molar-refractivity contribution in [3.8, 4) is 0 Å². The molecule has 1 saturated heterocycles. The summed E-state index contributed by atoms with van der Waals surface area (Å²) in [5.74, 6) is 0. The second-order valence-corrected chi connectivity index (χ2v) is 6.92. The van der Waals surface area contributed by atoms with Gasteiger partial charge >= 0.3 is 0 Å². The van der Waals surface area contributed by atoms with Gasteiger partial charge in [0.2, 0.25) is 0 Å². The average Bonchev–Trinajstić information content (AvgIpc) is 2.32. The van der Waals surface area contributed by atoms with E-state index in [-0.39, 0.29) is 4.90 Å². The van der Waals surface area contributed by atoms with Gasteiger partial charge in [-0.15, -0.1) is 4.83 Å². The van der Waals surface area contributed by atoms with Crippen molar-refractivity contribution >= 4 is 26.0 Å². The van der Waals surface area contributed by atoms with Gasteiger partial charge in [0.25, 0.3) is 10.0 Å². The number of hydrazine groups is 1. The molecular formula is C11H16BrN3O2S. The number of nitrogens with zero attached hydrogens (tertiary/aromatic N) is 2. The number of rotatable bonds is 3. The molecule has 100 valence electrons. The van der Waals surface area contributed by atoms with Crippen LogP contribution in [0.5, 0.6) is 0 Å². The molecule has 1 N–H and O–H groups in total. The number of halogens is 1. The van der Waals surface area contributed by atoms with Crippen molar-refractivity contribution < 1.29 is 8.42 Å². The summed E-state index contributed by atoms with van der Waals surface area (Å²) < 4.78 is 25.1. The highest BCUT2D eigenvalue weighted by atomic mass is 79.9. The maximum atomic E-state index is 12.1. The lowest BCUT2D eigenvalue weighted by atomic mass is 10.4. The lowest BCUT2D eigenvalue weighted by Crippen LogP contribution is -2.52. The van der Waals surface area contributed by atoms with Gasteiger partial charge in [-0.3, -0.25) is 0 Å². The molecule has 18 heavy (non-hydrogen) atoms. The number of benzene rings is 1. The SMILES string of the molecule is CN1CCN(NS(=O)(=O)c2ccc(Br)cc2)CC1. The third-order valence-electron chi connectivity index (χ3n) is 2.88. The molecule has 1 fully saturated rings. The molecule has 7 heteroatoms. The molecule has 1 aliphatic heterocycles. The van der Waals surface area contributed by atoms with Gasteiger partial charge < -0.3 is 4.90 Å². The minimum Gasteiger partial charge on any atom is -0.304 e. The minimum atomic E-state index is -3.46. The van der Waals surface area contributed by atoms with Crippen LogP contribution in [0, 0.1) is 0 Å². The molecular weight excluding hydrogens is 318 g/mol. The summed E-state index contributed by atoms with van der Waals surface area (Å²) in [6.45, 7) is 3.13. The van der Waals surface area contributed by atoms with Gasteiger partial charge in [-0.1, -0.05) is 15.9 Å². The van der Waals surface area contributed by atoms with E-state index in [1.54, 1.807) is 29.3 Å². The van der Waals surface area contributed by atoms with Gasteiger partial charge in [0, 0.05) is 30.7 Å². The normalized spacial score (nSPS) is 19.0. The van der Waals surface area contributed by atoms with Crippen LogP contribution in [0.3, 0.4) is 0 Å². The Bertz CT molecular complexity index is 496. The molecule has 1 heterocycles. The van der Waals surface area contributed by atoms with Crippen LogP contribution in [-0.2, 0) is 10.0 Å². The number of nitrogens with one attached hydrogen (secondary N) is 1. The lowest BCUT2D eigenvalue weighted by Gasteiger charge is -2.32. The van der Waals surface area contributed by atoms with E-state index in [1.807, 2.05) is 7.05 Å². The molecule has 0 aromatic heterocycles. The minimum absolute atomic E-state index is 0.282. The summed E-state index contributed by atoms with van der Waals surface area (Å²) >= 11 is 3.29. The molecule has 0 spiro atoms. The quantitative estimate of drug-likeness (QED) is 0.892. The van der Waals surface area contributed by atoms with Crippen molar-refractivity contribution in [3.05, 3.63) is 28.7 Å². The van der Waals surface area contributed by atoms with E-state index in [9.17, 15) is 8.42 Å². The largest absolute Gasteiger partial charge is 0.304 e. The third kappa shape index (κ3) is 3.52. The zero-order valence-electron chi connectivity index (χ0n) is 10.1. The van der Waals surface area contributed by atoms with E-state index in [0.717, 1.165) is 17.6 Å². The number of sulfonamides is 1. The Morgan fingerprint density at radius 3 is 2.22 bits per heavy atom. The van der Waals surface area contributed by atoms with Crippen LogP contribution >= 0.6 is 15.9 Å². The second-order valence-electron chi connectivity index (χ2n) is 4.34. The van der Waals surface area contributed by atoms with E-state index in [4.69, 9.17) is 0 Å². The monoisotopic (exact) mass is 333 g/mol. The molecule has 0 radical (unpaired) electrons. The van der Waals surface area contributed by atoms with Crippen LogP contribution in [0.4, 0.5) is 0 Å². The standard InChI is InChI=1S/C11H16BrN3O2S/c1-14-6-8-15(9-7-14)13-18(16,17)11-4-2-10(12)3-5-11/h2-5,13H,6-9H2,1H3. The van der Waals surface area contributed by atoms with E-state index in [1.165, 1.54) is 0 Å². The first kappa shape index (κ1) is 14.0. The first-order chi connectivity index (χ1) is 8.47. The Morgan fingerprint density at radius 2 is 1.67 bits per heavy atom. The fraction of sp³-hybridized carbons (Fsp3) is 0.455. The summed E-state index contributed by atoms with van der Waals surface area (Å²) in [4.78, 5) is 5.07. The van der Waals surface area contributed by atoms with Crippen molar-refractivity contribution in [2.45, 2.75) is 4.90 Å². The van der Waals surface area contributed by atoms with Crippen molar-refractivity contribution in [2.75, 3.05) is 33.2 Å². The van der Waals surface area contributed by atoms with Crippen LogP contribution in [0.2, 0.25) is 0 Å². The summed E-state index contributed by atoms with van der Waals surface area (Å²) in [6.07, 6.45) is 0. The second kappa shape index (κ2) is 5.66. The number of hydrogen-bond donors (Lipinski definition) is 1. The van der Waals surface area contributed by atoms with Gasteiger partial charge in [0.05, 0.1) is 4.90 Å². The van der Waals surface area contributed by atoms with Crippen LogP contribution in [0.15, 0.2) is 33.6 Å². The van der Waals surface area contributed by atoms with E-state index >= 15 is 0 Å². The molecule has 1 aromatic rings. The Balaban J connectivity index is 2.05. The van der Waals surface area contributed by atoms with Gasteiger partial charge in [-0.25, -0.2) is 13.4 Å². The van der Waals surface area contributed by atoms with Crippen molar-refractivity contribution in [1.82, 2.24) is 14.7 Å². The first-order valence-corrected chi connectivity index (χ1v) is 7.96. The fourth-order valence-electron chi connectivity index (χ4n) is 1.73. The number of hydrogen-bond acceptors (Lipinski definition) is 4. The molecule has 0 saturated carbocycles. The van der Waals surface area contributed by atoms with E-state index < -0.39 is 10.0 Å². The molecule has 5 nitrogen and oxygen atoms in total. The molecule has 1 aromatic carbocycles. The van der Waals surface area contributed by atoms with E-state index in [0.29, 0.717) is 13.1 Å². The van der Waals surface area contributed by atoms with Crippen LogP contribution < -0.4 is 4.83 Å². The Kier molecular flexibility index (Phi) is 4.39. The highest BCUT2D eigenvalue weighted by Crippen LogP contribution is 2.14. The predicted molar refractivity (Wildman–Crippen MR) is 73.5 cm³/mol. The Labute approximate surface area is 116 Å². The van der Waals surface area contributed by atoms with Gasteiger partial charge in [0.1, 0.15) is 0 Å². The van der Waals surface area contributed by atoms with Crippen LogP contribution in [-0.4, -0.2) is 51.6 Å². The highest BCUT2D eigenvalue weighted by molar-refractivity contribution is 9.10. The van der Waals surface area contributed by atoms with Gasteiger partial charge in [0.15, 0.2) is 0 Å². The summed E-state index contributed by atoms with van der Waals surface area (Å²) in [7, 11) is -1.43. The van der Waals surface area contributed by atoms with Crippen molar-refractivity contribution in [1.29, 1.82) is 0 Å². The van der Waals surface area contributed by atoms with Crippen LogP contribution in [0.1, 0.15) is 0 Å². The van der Waals surface area contributed by atoms with Gasteiger partial charge in [-0.05, 0) is 31.3 Å². The molecule has 0 atom stereocenters. The molecule has 0 aliphatic carbocycles. The van der Waals surface area contributed by atoms with Crippen molar-refractivity contribution in [2.24, 2.45) is 0 Å². The molecule has 0 unspecified atom stereocenters. The van der Waals surface area contributed by atoms with E-state index in [2.05, 4.69) is 25.7 Å². The summed E-state index contributed by atoms with van der Waals surface area (Å²) in [6, 6.07) is 6.61. The molecule has 0 amide bonds. The molecule has 2 rings (SSSR count). The molecule has 0 bridgehead atoms. The summed E-state index contributed by atoms with van der Waals surface area (Å²) in [5, 5.41) is 1.75. The summed E-state index contributed by atoms with van der Waals surface area (Å²) in [5.41, 5.74) is 0. The Hall–Kier alpha value is -0.470. The maximum Gasteiger partial charge on any atom is 0.253 e. The highest BCUT2D eigenvalue weighted by Gasteiger charge is 2.21. The maximum absolute atomic E-state index is 12.1. The lowest BCUT2D eigenvalue weighted by molar-refractivity contribution is 0.135. The Morgan fingerprint density at radius 1 is 1.11 bits per heavy atom. The number of likely N-dealkylation sites (N-methyl/N-ethyl adjacent to an activating group) is 1. The number of piperazine rings is 1. The zero-order valence-corrected chi connectivity index (χ0v) is 12.5. The van der Waals surface area contributed by atoms with Gasteiger partial charge in [-0.2, -0.15) is 0 Å². The smallest absolute Gasteiger partial charge is 0.253 e. The average molecular weight is 334 g/mol. The van der Waals surface area contributed by atoms with Crippen LogP contribution in [0.25, 0.3) is 0 Å². The topological polar surface area (TPSA) is 52.6 Å².